The van der Waals surface area contributed by atoms with Gasteiger partial charge in [0, 0.05) is 24.2 Å². The maximum Gasteiger partial charge on any atom is 0.266 e. The van der Waals surface area contributed by atoms with Crippen molar-refractivity contribution in [1.82, 2.24) is 9.80 Å². The molecule has 0 radical (unpaired) electrons. The van der Waals surface area contributed by atoms with E-state index in [1.54, 1.807) is 36.2 Å². The first kappa shape index (κ1) is 25.2. The molecule has 0 bridgehead atoms. The molecule has 7 heteroatoms. The van der Waals surface area contributed by atoms with E-state index in [4.69, 9.17) is 22.3 Å². The molecule has 0 fully saturated rings. The second-order valence-corrected chi connectivity index (χ2v) is 9.73. The Balaban J connectivity index is 1.40. The van der Waals surface area contributed by atoms with Crippen LogP contribution in [-0.2, 0) is 23.4 Å². The number of nitrogens with zero attached hydrogens (tertiary/aromatic N) is 3. The van der Waals surface area contributed by atoms with E-state index in [1.807, 2.05) is 84.9 Å². The number of aliphatic imine (C=N–C) groups is 1. The van der Waals surface area contributed by atoms with E-state index in [0.29, 0.717) is 17.1 Å². The molecule has 2 amide bonds. The molecule has 0 unspecified atom stereocenters. The van der Waals surface area contributed by atoms with Crippen LogP contribution in [0, 0.1) is 0 Å². The smallest absolute Gasteiger partial charge is 0.266 e. The van der Waals surface area contributed by atoms with Crippen LogP contribution in [0.25, 0.3) is 0 Å². The van der Waals surface area contributed by atoms with Gasteiger partial charge >= 0.3 is 0 Å². The van der Waals surface area contributed by atoms with Crippen molar-refractivity contribution in [3.05, 3.63) is 142 Å². The molecule has 1 aliphatic heterocycles. The number of halogens is 1. The molecule has 190 valence electrons. The Hall–Kier alpha value is -4.42. The highest BCUT2D eigenvalue weighted by Gasteiger charge is 2.50. The van der Waals surface area contributed by atoms with Crippen molar-refractivity contribution in [3.63, 3.8) is 0 Å². The van der Waals surface area contributed by atoms with Crippen molar-refractivity contribution >= 4 is 29.4 Å². The molecule has 2 N–H and O–H groups in total. The number of hydrogen-bond acceptors (Lipinski definition) is 4. The molecular weight excluding hydrogens is 496 g/mol. The average Bonchev–Trinajstić information content (AvgIpc) is 3.20. The van der Waals surface area contributed by atoms with Crippen molar-refractivity contribution in [3.8, 4) is 0 Å². The Morgan fingerprint density at radius 1 is 0.868 bits per heavy atom. The first-order valence-corrected chi connectivity index (χ1v) is 12.6. The summed E-state index contributed by atoms with van der Waals surface area (Å²) in [5, 5.41) is 0.651. The molecule has 5 rings (SSSR count). The van der Waals surface area contributed by atoms with Crippen molar-refractivity contribution in [1.29, 1.82) is 0 Å². The summed E-state index contributed by atoms with van der Waals surface area (Å²) in [5.41, 5.74) is 8.89. The zero-order valence-electron chi connectivity index (χ0n) is 20.9. The molecule has 6 nitrogen and oxygen atoms in total. The number of nitrogens with two attached hydrogens (primary N) is 1. The molecule has 4 aromatic rings. The summed E-state index contributed by atoms with van der Waals surface area (Å²) in [7, 11) is 1.76. The molecule has 0 atom stereocenters. The van der Waals surface area contributed by atoms with Gasteiger partial charge in [0.2, 0.25) is 0 Å². The average molecular weight is 523 g/mol. The number of hydrogen-bond donors (Lipinski definition) is 1. The van der Waals surface area contributed by atoms with Crippen LogP contribution in [0.2, 0.25) is 5.02 Å². The van der Waals surface area contributed by atoms with Crippen LogP contribution >= 0.6 is 11.6 Å². The fourth-order valence-electron chi connectivity index (χ4n) is 4.77. The second-order valence-electron chi connectivity index (χ2n) is 9.29. The van der Waals surface area contributed by atoms with Gasteiger partial charge in [-0.05, 0) is 46.5 Å². The number of benzene rings is 4. The van der Waals surface area contributed by atoms with Gasteiger partial charge in [0.25, 0.3) is 11.8 Å². The van der Waals surface area contributed by atoms with Gasteiger partial charge in [0.15, 0.2) is 11.5 Å². The lowest BCUT2D eigenvalue weighted by Crippen LogP contribution is -2.43. The lowest BCUT2D eigenvalue weighted by atomic mass is 9.83. The highest BCUT2D eigenvalue weighted by molar-refractivity contribution is 6.30. The van der Waals surface area contributed by atoms with E-state index in [2.05, 4.69) is 0 Å². The monoisotopic (exact) mass is 522 g/mol. The van der Waals surface area contributed by atoms with E-state index in [-0.39, 0.29) is 24.3 Å². The Morgan fingerprint density at radius 3 is 2.08 bits per heavy atom. The van der Waals surface area contributed by atoms with Crippen LogP contribution < -0.4 is 5.73 Å². The van der Waals surface area contributed by atoms with Crippen LogP contribution in [0.15, 0.2) is 114 Å². The number of guanidine groups is 1. The van der Waals surface area contributed by atoms with Crippen molar-refractivity contribution < 1.29 is 9.59 Å². The Kier molecular flexibility index (Phi) is 6.99. The fraction of sp³-hybridized carbons (Fsp3) is 0.129. The van der Waals surface area contributed by atoms with E-state index >= 15 is 0 Å². The summed E-state index contributed by atoms with van der Waals surface area (Å²) in [6, 6.07) is 33.6. The van der Waals surface area contributed by atoms with Crippen molar-refractivity contribution in [2.24, 2.45) is 10.7 Å². The van der Waals surface area contributed by atoms with Crippen LogP contribution in [0.1, 0.15) is 32.6 Å². The Labute approximate surface area is 227 Å². The molecule has 4 aromatic carbocycles. The van der Waals surface area contributed by atoms with Crippen LogP contribution in [-0.4, -0.2) is 34.6 Å². The van der Waals surface area contributed by atoms with Crippen LogP contribution in [0.5, 0.6) is 0 Å². The number of carbonyl (C=O) groups excluding carboxylic acids is 2. The second kappa shape index (κ2) is 10.5. The quantitative estimate of drug-likeness (QED) is 0.362. The first-order chi connectivity index (χ1) is 18.4. The molecule has 0 spiro atoms. The highest BCUT2D eigenvalue weighted by atomic mass is 35.5. The minimum Gasteiger partial charge on any atom is -0.369 e. The maximum absolute atomic E-state index is 14.0. The Bertz CT molecular complexity index is 1450. The standard InChI is InChI=1S/C31H27ClN4O2/c1-35(20-22-15-17-27(32)18-16-22)28(37)24-10-8-9-23(19-24)21-36-29(38)31(34-30(36)33,25-11-4-2-5-12-25)26-13-6-3-7-14-26/h2-19H,20-21H2,1H3,(H2,33,34). The van der Waals surface area contributed by atoms with E-state index < -0.39 is 5.54 Å². The number of amides is 2. The zero-order chi connectivity index (χ0) is 26.7. The molecule has 1 aliphatic rings. The van der Waals surface area contributed by atoms with E-state index in [1.165, 1.54) is 4.90 Å². The van der Waals surface area contributed by atoms with Gasteiger partial charge in [0.05, 0.1) is 6.54 Å². The lowest BCUT2D eigenvalue weighted by molar-refractivity contribution is -0.130. The van der Waals surface area contributed by atoms with Gasteiger partial charge in [-0.25, -0.2) is 4.99 Å². The van der Waals surface area contributed by atoms with Crippen molar-refractivity contribution in [2.75, 3.05) is 7.05 Å². The molecular formula is C31H27ClN4O2. The van der Waals surface area contributed by atoms with Gasteiger partial charge in [-0.3, -0.25) is 14.5 Å². The molecule has 0 aliphatic carbocycles. The molecule has 1 heterocycles. The predicted molar refractivity (Wildman–Crippen MR) is 150 cm³/mol. The number of rotatable bonds is 7. The fourth-order valence-corrected chi connectivity index (χ4v) is 4.90. The van der Waals surface area contributed by atoms with Gasteiger partial charge in [-0.1, -0.05) is 96.5 Å². The van der Waals surface area contributed by atoms with Gasteiger partial charge in [0.1, 0.15) is 0 Å². The molecule has 0 saturated carbocycles. The highest BCUT2D eigenvalue weighted by Crippen LogP contribution is 2.40. The molecule has 0 saturated heterocycles. The van der Waals surface area contributed by atoms with Gasteiger partial charge < -0.3 is 10.6 Å². The first-order valence-electron chi connectivity index (χ1n) is 12.3. The predicted octanol–water partition coefficient (Wildman–Crippen LogP) is 5.21. The molecule has 38 heavy (non-hydrogen) atoms. The summed E-state index contributed by atoms with van der Waals surface area (Å²) in [6.07, 6.45) is 0. The third-order valence-corrected chi connectivity index (χ3v) is 6.94. The van der Waals surface area contributed by atoms with Gasteiger partial charge in [-0.2, -0.15) is 0 Å². The SMILES string of the molecule is CN(Cc1ccc(Cl)cc1)C(=O)c1cccc(CN2C(=O)C(c3ccccc3)(c3ccccc3)N=C2N)c1. The maximum atomic E-state index is 14.0. The third kappa shape index (κ3) is 4.78. The summed E-state index contributed by atoms with van der Waals surface area (Å²) >= 11 is 5.98. The minimum atomic E-state index is -1.27. The van der Waals surface area contributed by atoms with Gasteiger partial charge in [-0.15, -0.1) is 0 Å². The largest absolute Gasteiger partial charge is 0.369 e. The van der Waals surface area contributed by atoms with Crippen LogP contribution in [0.3, 0.4) is 0 Å². The zero-order valence-corrected chi connectivity index (χ0v) is 21.7. The van der Waals surface area contributed by atoms with E-state index in [0.717, 1.165) is 22.3 Å². The van der Waals surface area contributed by atoms with Crippen molar-refractivity contribution in [2.45, 2.75) is 18.6 Å². The summed E-state index contributed by atoms with van der Waals surface area (Å²) < 4.78 is 0. The van der Waals surface area contributed by atoms with E-state index in [9.17, 15) is 9.59 Å². The normalized spacial score (nSPS) is 14.3. The summed E-state index contributed by atoms with van der Waals surface area (Å²) in [4.78, 5) is 35.1. The number of carbonyl (C=O) groups is 2. The summed E-state index contributed by atoms with van der Waals surface area (Å²) in [6.45, 7) is 0.638. The third-order valence-electron chi connectivity index (χ3n) is 6.69. The summed E-state index contributed by atoms with van der Waals surface area (Å²) in [5.74, 6) is -0.220. The minimum absolute atomic E-state index is 0.126. The Morgan fingerprint density at radius 2 is 1.47 bits per heavy atom. The lowest BCUT2D eigenvalue weighted by Gasteiger charge is -2.27. The molecule has 0 aromatic heterocycles. The topological polar surface area (TPSA) is 79.0 Å². The van der Waals surface area contributed by atoms with Crippen LogP contribution in [0.4, 0.5) is 0 Å².